The molecule has 1 heterocycles. The van der Waals surface area contributed by atoms with E-state index in [2.05, 4.69) is 0 Å². The number of nitrogens with zero attached hydrogens (tertiary/aromatic N) is 2. The van der Waals surface area contributed by atoms with E-state index in [9.17, 15) is 5.11 Å². The Kier molecular flexibility index (Phi) is 5.72. The zero-order valence-electron chi connectivity index (χ0n) is 19.4. The fraction of sp³-hybridized carbons (Fsp3) is 0.179. The molecule has 0 fully saturated rings. The minimum Gasteiger partial charge on any atom is -0.507 e. The standard InChI is InChI=1S/C28H26N2O4/c1-32-25-16-15-22(27(33-2)28(25)34-3)24-17-23(29-30(24)19-10-5-4-6-11-19)21-14-13-18-9-7-8-12-20(18)26(21)31/h4-16,24,31H,17H2,1-3H3. The zero-order chi connectivity index (χ0) is 23.7. The lowest BCUT2D eigenvalue weighted by molar-refractivity contribution is 0.320. The summed E-state index contributed by atoms with van der Waals surface area (Å²) in [5.74, 6) is 1.98. The zero-order valence-corrected chi connectivity index (χ0v) is 19.4. The second-order valence-electron chi connectivity index (χ2n) is 8.05. The summed E-state index contributed by atoms with van der Waals surface area (Å²) >= 11 is 0. The first-order valence-electron chi connectivity index (χ1n) is 11.1. The summed E-state index contributed by atoms with van der Waals surface area (Å²) in [7, 11) is 4.83. The molecular formula is C28H26N2O4. The SMILES string of the molecule is COc1ccc(C2CC(c3ccc4ccccc4c3O)=NN2c2ccccc2)c(OC)c1OC. The Morgan fingerprint density at radius 2 is 1.53 bits per heavy atom. The number of fused-ring (bicyclic) bond motifs is 1. The van der Waals surface area contributed by atoms with E-state index in [0.29, 0.717) is 23.7 Å². The van der Waals surface area contributed by atoms with Crippen LogP contribution in [-0.4, -0.2) is 32.1 Å². The van der Waals surface area contributed by atoms with Crippen LogP contribution in [0.25, 0.3) is 10.8 Å². The molecule has 1 aliphatic rings. The third kappa shape index (κ3) is 3.57. The van der Waals surface area contributed by atoms with Gasteiger partial charge in [-0.25, -0.2) is 0 Å². The summed E-state index contributed by atoms with van der Waals surface area (Å²) in [5, 5.41) is 19.9. The number of phenols is 1. The first-order chi connectivity index (χ1) is 16.7. The molecule has 4 aromatic carbocycles. The van der Waals surface area contributed by atoms with Crippen molar-refractivity contribution in [2.75, 3.05) is 26.3 Å². The van der Waals surface area contributed by atoms with Gasteiger partial charge in [-0.15, -0.1) is 0 Å². The molecule has 0 saturated carbocycles. The Balaban J connectivity index is 1.65. The van der Waals surface area contributed by atoms with Gasteiger partial charge in [-0.05, 0) is 35.7 Å². The lowest BCUT2D eigenvalue weighted by Crippen LogP contribution is -2.19. The summed E-state index contributed by atoms with van der Waals surface area (Å²) in [6, 6.07) is 25.4. The molecule has 1 atom stereocenters. The fourth-order valence-electron chi connectivity index (χ4n) is 4.61. The molecule has 0 bridgehead atoms. The highest BCUT2D eigenvalue weighted by Crippen LogP contribution is 2.47. The van der Waals surface area contributed by atoms with Crippen LogP contribution in [0.1, 0.15) is 23.6 Å². The highest BCUT2D eigenvalue weighted by Gasteiger charge is 2.34. The molecule has 172 valence electrons. The number of ether oxygens (including phenoxy) is 3. The molecule has 34 heavy (non-hydrogen) atoms. The number of para-hydroxylation sites is 1. The van der Waals surface area contributed by atoms with Gasteiger partial charge in [0.2, 0.25) is 5.75 Å². The maximum Gasteiger partial charge on any atom is 0.203 e. The van der Waals surface area contributed by atoms with E-state index in [1.54, 1.807) is 21.3 Å². The van der Waals surface area contributed by atoms with Gasteiger partial charge in [-0.1, -0.05) is 48.5 Å². The van der Waals surface area contributed by atoms with Gasteiger partial charge in [0.1, 0.15) is 5.75 Å². The normalized spacial score (nSPS) is 15.3. The Hall–Kier alpha value is -4.19. The van der Waals surface area contributed by atoms with Crippen molar-refractivity contribution in [1.82, 2.24) is 0 Å². The minimum atomic E-state index is -0.168. The average molecular weight is 455 g/mol. The van der Waals surface area contributed by atoms with Crippen molar-refractivity contribution in [1.29, 1.82) is 0 Å². The number of hydrogen-bond acceptors (Lipinski definition) is 6. The number of anilines is 1. The van der Waals surface area contributed by atoms with E-state index in [4.69, 9.17) is 19.3 Å². The van der Waals surface area contributed by atoms with Crippen molar-refractivity contribution >= 4 is 22.2 Å². The second kappa shape index (κ2) is 8.98. The smallest absolute Gasteiger partial charge is 0.203 e. The van der Waals surface area contributed by atoms with Crippen LogP contribution >= 0.6 is 0 Å². The predicted octanol–water partition coefficient (Wildman–Crippen LogP) is 5.93. The van der Waals surface area contributed by atoms with Crippen LogP contribution in [0.4, 0.5) is 5.69 Å². The van der Waals surface area contributed by atoms with Crippen LogP contribution < -0.4 is 19.2 Å². The Morgan fingerprint density at radius 1 is 0.794 bits per heavy atom. The van der Waals surface area contributed by atoms with E-state index in [-0.39, 0.29) is 11.8 Å². The molecule has 1 aliphatic heterocycles. The lowest BCUT2D eigenvalue weighted by Gasteiger charge is -2.26. The summed E-state index contributed by atoms with van der Waals surface area (Å²) in [5.41, 5.74) is 3.39. The van der Waals surface area contributed by atoms with Gasteiger partial charge in [0.25, 0.3) is 0 Å². The first-order valence-corrected chi connectivity index (χ1v) is 11.1. The molecule has 1 unspecified atom stereocenters. The molecule has 0 aromatic heterocycles. The van der Waals surface area contributed by atoms with E-state index >= 15 is 0 Å². The van der Waals surface area contributed by atoms with E-state index in [0.717, 1.165) is 33.3 Å². The molecule has 0 amide bonds. The van der Waals surface area contributed by atoms with Crippen molar-refractivity contribution in [3.8, 4) is 23.0 Å². The Morgan fingerprint density at radius 3 is 2.26 bits per heavy atom. The molecule has 0 radical (unpaired) electrons. The van der Waals surface area contributed by atoms with Crippen molar-refractivity contribution in [3.05, 3.63) is 90.0 Å². The van der Waals surface area contributed by atoms with E-state index in [1.165, 1.54) is 0 Å². The number of hydrogen-bond donors (Lipinski definition) is 1. The monoisotopic (exact) mass is 454 g/mol. The van der Waals surface area contributed by atoms with Crippen LogP contribution in [0, 0.1) is 0 Å². The van der Waals surface area contributed by atoms with Crippen LogP contribution in [0.3, 0.4) is 0 Å². The fourth-order valence-corrected chi connectivity index (χ4v) is 4.61. The summed E-state index contributed by atoms with van der Waals surface area (Å²) < 4.78 is 16.9. The summed E-state index contributed by atoms with van der Waals surface area (Å²) in [6.07, 6.45) is 0.576. The molecule has 1 N–H and O–H groups in total. The molecule has 5 rings (SSSR count). The summed E-state index contributed by atoms with van der Waals surface area (Å²) in [6.45, 7) is 0. The highest BCUT2D eigenvalue weighted by molar-refractivity contribution is 6.09. The van der Waals surface area contributed by atoms with Gasteiger partial charge >= 0.3 is 0 Å². The van der Waals surface area contributed by atoms with Gasteiger partial charge in [0.05, 0.1) is 38.8 Å². The topological polar surface area (TPSA) is 63.5 Å². The molecular weight excluding hydrogens is 428 g/mol. The van der Waals surface area contributed by atoms with Crippen molar-refractivity contribution in [2.24, 2.45) is 5.10 Å². The third-order valence-electron chi connectivity index (χ3n) is 6.24. The highest BCUT2D eigenvalue weighted by atomic mass is 16.5. The van der Waals surface area contributed by atoms with Gasteiger partial charge in [-0.2, -0.15) is 5.10 Å². The van der Waals surface area contributed by atoms with Crippen LogP contribution in [0.2, 0.25) is 0 Å². The predicted molar refractivity (Wildman–Crippen MR) is 135 cm³/mol. The number of methoxy groups -OCH3 is 3. The number of benzene rings is 4. The Bertz CT molecular complexity index is 1370. The van der Waals surface area contributed by atoms with Crippen LogP contribution in [-0.2, 0) is 0 Å². The molecule has 6 nitrogen and oxygen atoms in total. The van der Waals surface area contributed by atoms with Gasteiger partial charge < -0.3 is 19.3 Å². The molecule has 4 aromatic rings. The molecule has 0 spiro atoms. The Labute approximate surface area is 198 Å². The van der Waals surface area contributed by atoms with Gasteiger partial charge in [0.15, 0.2) is 11.5 Å². The molecule has 0 aliphatic carbocycles. The van der Waals surface area contributed by atoms with E-state index < -0.39 is 0 Å². The van der Waals surface area contributed by atoms with Crippen molar-refractivity contribution in [2.45, 2.75) is 12.5 Å². The maximum absolute atomic E-state index is 11.1. The molecule has 6 heteroatoms. The van der Waals surface area contributed by atoms with Crippen molar-refractivity contribution < 1.29 is 19.3 Å². The number of phenolic OH excluding ortho intramolecular Hbond substituents is 1. The number of aromatic hydroxyl groups is 1. The molecule has 0 saturated heterocycles. The van der Waals surface area contributed by atoms with Crippen LogP contribution in [0.5, 0.6) is 23.0 Å². The van der Waals surface area contributed by atoms with E-state index in [1.807, 2.05) is 83.9 Å². The number of hydrazone groups is 1. The number of rotatable bonds is 6. The summed E-state index contributed by atoms with van der Waals surface area (Å²) in [4.78, 5) is 0. The largest absolute Gasteiger partial charge is 0.507 e. The third-order valence-corrected chi connectivity index (χ3v) is 6.24. The van der Waals surface area contributed by atoms with Gasteiger partial charge in [0, 0.05) is 22.9 Å². The quantitative estimate of drug-likeness (QED) is 0.391. The maximum atomic E-state index is 11.1. The lowest BCUT2D eigenvalue weighted by atomic mass is 9.95. The average Bonchev–Trinajstić information content (AvgIpc) is 3.33. The second-order valence-corrected chi connectivity index (χ2v) is 8.05. The van der Waals surface area contributed by atoms with Gasteiger partial charge in [-0.3, -0.25) is 5.01 Å². The minimum absolute atomic E-state index is 0.168. The first kappa shape index (κ1) is 21.6. The van der Waals surface area contributed by atoms with Crippen LogP contribution in [0.15, 0.2) is 84.0 Å². The van der Waals surface area contributed by atoms with Crippen molar-refractivity contribution in [3.63, 3.8) is 0 Å².